The molecule has 0 spiro atoms. The monoisotopic (exact) mass is 531 g/mol. The van der Waals surface area contributed by atoms with Crippen LogP contribution in [0.3, 0.4) is 0 Å². The van der Waals surface area contributed by atoms with E-state index in [0.717, 1.165) is 54.5 Å². The van der Waals surface area contributed by atoms with Crippen molar-refractivity contribution >= 4 is 39.9 Å². The normalized spacial score (nSPS) is 18.3. The van der Waals surface area contributed by atoms with Crippen molar-refractivity contribution in [1.29, 1.82) is 0 Å². The number of piperidine rings is 1. The predicted octanol–water partition coefficient (Wildman–Crippen LogP) is 3.31. The van der Waals surface area contributed by atoms with E-state index >= 15 is 0 Å². The van der Waals surface area contributed by atoms with E-state index < -0.39 is 0 Å². The first-order valence-corrected chi connectivity index (χ1v) is 11.8. The van der Waals surface area contributed by atoms with Gasteiger partial charge in [0, 0.05) is 62.2 Å². The predicted molar refractivity (Wildman–Crippen MR) is 129 cm³/mol. The molecule has 2 aliphatic heterocycles. The molecule has 0 radical (unpaired) electrons. The number of nitrogens with one attached hydrogen (secondary N) is 1. The van der Waals surface area contributed by atoms with Gasteiger partial charge in [0.25, 0.3) is 0 Å². The van der Waals surface area contributed by atoms with Crippen molar-refractivity contribution in [3.63, 3.8) is 0 Å². The Morgan fingerprint density at radius 2 is 1.81 bits per heavy atom. The Morgan fingerprint density at radius 1 is 1.03 bits per heavy atom. The van der Waals surface area contributed by atoms with Crippen LogP contribution in [0.1, 0.15) is 12.8 Å². The van der Waals surface area contributed by atoms with Crippen LogP contribution >= 0.6 is 22.6 Å². The van der Waals surface area contributed by atoms with Crippen LogP contribution in [0, 0.1) is 3.57 Å². The molecule has 5 rings (SSSR count). The molecular weight excluding hydrogens is 505 g/mol. The summed E-state index contributed by atoms with van der Waals surface area (Å²) in [5, 5.41) is 3.32. The van der Waals surface area contributed by atoms with Gasteiger partial charge in [-0.05, 0) is 59.7 Å². The average Bonchev–Trinajstić information content (AvgIpc) is 3.36. The van der Waals surface area contributed by atoms with Gasteiger partial charge in [0.2, 0.25) is 5.95 Å². The zero-order valence-corrected chi connectivity index (χ0v) is 19.5. The van der Waals surface area contributed by atoms with E-state index in [1.165, 1.54) is 18.5 Å². The zero-order chi connectivity index (χ0) is 21.0. The Morgan fingerprint density at radius 3 is 2.52 bits per heavy atom. The highest BCUT2D eigenvalue weighted by Crippen LogP contribution is 2.25. The molecule has 1 N–H and O–H groups in total. The second kappa shape index (κ2) is 9.49. The summed E-state index contributed by atoms with van der Waals surface area (Å²) in [5.74, 6) is 1.39. The van der Waals surface area contributed by atoms with Gasteiger partial charge in [-0.15, -0.1) is 0 Å². The van der Waals surface area contributed by atoms with E-state index in [2.05, 4.69) is 76.9 Å². The maximum Gasteiger partial charge on any atom is 0.229 e. The minimum absolute atomic E-state index is 0.572. The fourth-order valence-electron chi connectivity index (χ4n) is 4.30. The number of aromatic nitrogens is 4. The van der Waals surface area contributed by atoms with Gasteiger partial charge < -0.3 is 15.0 Å². The number of rotatable bonds is 5. The van der Waals surface area contributed by atoms with Gasteiger partial charge in [-0.2, -0.15) is 4.98 Å². The fraction of sp³-hybridized carbons (Fsp3) is 0.409. The van der Waals surface area contributed by atoms with Crippen LogP contribution in [0.2, 0.25) is 0 Å². The molecule has 1 aromatic carbocycles. The number of benzene rings is 1. The third-order valence-corrected chi connectivity index (χ3v) is 6.75. The third kappa shape index (κ3) is 4.83. The summed E-state index contributed by atoms with van der Waals surface area (Å²) in [5.41, 5.74) is 2.25. The van der Waals surface area contributed by atoms with E-state index in [-0.39, 0.29) is 0 Å². The number of anilines is 3. The molecule has 0 bridgehead atoms. The molecule has 162 valence electrons. The summed E-state index contributed by atoms with van der Waals surface area (Å²) in [6.07, 6.45) is 9.61. The molecule has 2 aliphatic rings. The maximum absolute atomic E-state index is 5.49. The Kier molecular flexibility index (Phi) is 6.32. The van der Waals surface area contributed by atoms with Gasteiger partial charge in [-0.3, -0.25) is 9.47 Å². The Balaban J connectivity index is 1.21. The Hall–Kier alpha value is -2.24. The number of halogens is 1. The van der Waals surface area contributed by atoms with Gasteiger partial charge in [0.1, 0.15) is 6.33 Å². The summed E-state index contributed by atoms with van der Waals surface area (Å²) in [7, 11) is 0. The summed E-state index contributed by atoms with van der Waals surface area (Å²) < 4.78 is 8.35. The van der Waals surface area contributed by atoms with Crippen LogP contribution in [0.25, 0.3) is 5.82 Å². The van der Waals surface area contributed by atoms with E-state index in [9.17, 15) is 0 Å². The SMILES string of the molecule is Ic1cnc(Nc2ccc(N3CCC(N4CCOCC4)CC3)cc2)nc1-n1ccnc1. The number of ether oxygens (including phenoxy) is 1. The molecule has 0 amide bonds. The van der Waals surface area contributed by atoms with Crippen LogP contribution in [-0.2, 0) is 4.74 Å². The minimum Gasteiger partial charge on any atom is -0.379 e. The highest BCUT2D eigenvalue weighted by molar-refractivity contribution is 14.1. The van der Waals surface area contributed by atoms with Crippen molar-refractivity contribution < 1.29 is 4.74 Å². The van der Waals surface area contributed by atoms with E-state index in [1.807, 2.05) is 17.0 Å². The molecule has 0 unspecified atom stereocenters. The van der Waals surface area contributed by atoms with Crippen LogP contribution in [0.5, 0.6) is 0 Å². The summed E-state index contributed by atoms with van der Waals surface area (Å²) in [4.78, 5) is 18.3. The first-order valence-electron chi connectivity index (χ1n) is 10.7. The number of imidazole rings is 1. The number of nitrogens with zero attached hydrogens (tertiary/aromatic N) is 6. The highest BCUT2D eigenvalue weighted by Gasteiger charge is 2.25. The molecule has 0 aliphatic carbocycles. The molecule has 2 saturated heterocycles. The molecule has 2 fully saturated rings. The van der Waals surface area contributed by atoms with Crippen molar-refractivity contribution in [3.05, 3.63) is 52.8 Å². The van der Waals surface area contributed by atoms with Crippen LogP contribution in [0.4, 0.5) is 17.3 Å². The second-order valence-electron chi connectivity index (χ2n) is 7.87. The standard InChI is InChI=1S/C22H26IN7O/c23-20-15-25-22(27-21(20)30-10-7-24-16-30)26-17-1-3-18(4-2-17)28-8-5-19(6-9-28)29-11-13-31-14-12-29/h1-4,7,10,15-16,19H,5-6,8-9,11-14H2,(H,25,26,27). The lowest BCUT2D eigenvalue weighted by Gasteiger charge is -2.40. The second-order valence-corrected chi connectivity index (χ2v) is 9.04. The van der Waals surface area contributed by atoms with E-state index in [4.69, 9.17) is 4.74 Å². The first-order chi connectivity index (χ1) is 15.3. The van der Waals surface area contributed by atoms with E-state index in [1.54, 1.807) is 12.5 Å². The van der Waals surface area contributed by atoms with Crippen molar-refractivity contribution in [3.8, 4) is 5.82 Å². The summed E-state index contributed by atoms with van der Waals surface area (Å²) >= 11 is 2.24. The molecule has 4 heterocycles. The van der Waals surface area contributed by atoms with Gasteiger partial charge in [0.15, 0.2) is 5.82 Å². The van der Waals surface area contributed by atoms with Crippen LogP contribution in [-0.4, -0.2) is 69.9 Å². The van der Waals surface area contributed by atoms with Crippen molar-refractivity contribution in [1.82, 2.24) is 24.4 Å². The topological polar surface area (TPSA) is 71.3 Å². The van der Waals surface area contributed by atoms with Gasteiger partial charge in [0.05, 0.1) is 16.8 Å². The Bertz CT molecular complexity index is 982. The molecule has 0 saturated carbocycles. The lowest BCUT2D eigenvalue weighted by molar-refractivity contribution is 0.0115. The lowest BCUT2D eigenvalue weighted by Crippen LogP contribution is -2.49. The summed E-state index contributed by atoms with van der Waals surface area (Å²) in [6, 6.07) is 9.26. The fourth-order valence-corrected chi connectivity index (χ4v) is 4.84. The lowest BCUT2D eigenvalue weighted by atomic mass is 10.0. The maximum atomic E-state index is 5.49. The summed E-state index contributed by atoms with van der Waals surface area (Å²) in [6.45, 7) is 6.11. The minimum atomic E-state index is 0.572. The molecule has 2 aromatic heterocycles. The largest absolute Gasteiger partial charge is 0.379 e. The van der Waals surface area contributed by atoms with Crippen molar-refractivity contribution in [2.75, 3.05) is 49.6 Å². The first kappa shape index (κ1) is 20.7. The highest BCUT2D eigenvalue weighted by atomic mass is 127. The molecule has 31 heavy (non-hydrogen) atoms. The van der Waals surface area contributed by atoms with E-state index in [0.29, 0.717) is 12.0 Å². The van der Waals surface area contributed by atoms with Gasteiger partial charge in [-0.25, -0.2) is 9.97 Å². The van der Waals surface area contributed by atoms with Gasteiger partial charge in [-0.1, -0.05) is 0 Å². The number of hydrogen-bond donors (Lipinski definition) is 1. The molecule has 0 atom stereocenters. The molecule has 9 heteroatoms. The van der Waals surface area contributed by atoms with Crippen molar-refractivity contribution in [2.45, 2.75) is 18.9 Å². The zero-order valence-electron chi connectivity index (χ0n) is 17.3. The Labute approximate surface area is 195 Å². The quantitative estimate of drug-likeness (QED) is 0.507. The van der Waals surface area contributed by atoms with Crippen LogP contribution in [0.15, 0.2) is 49.2 Å². The molecule has 3 aromatic rings. The average molecular weight is 531 g/mol. The van der Waals surface area contributed by atoms with Gasteiger partial charge >= 0.3 is 0 Å². The number of hydrogen-bond acceptors (Lipinski definition) is 7. The molecular formula is C22H26IN7O. The third-order valence-electron chi connectivity index (χ3n) is 5.99. The number of morpholine rings is 1. The van der Waals surface area contributed by atoms with Crippen molar-refractivity contribution in [2.24, 2.45) is 0 Å². The smallest absolute Gasteiger partial charge is 0.229 e. The van der Waals surface area contributed by atoms with Crippen LogP contribution < -0.4 is 10.2 Å². The molecule has 8 nitrogen and oxygen atoms in total.